The van der Waals surface area contributed by atoms with Gasteiger partial charge in [-0.2, -0.15) is 0 Å². The van der Waals surface area contributed by atoms with E-state index < -0.39 is 5.82 Å². The molecular weight excluding hydrogens is 210 g/mol. The van der Waals surface area contributed by atoms with Crippen molar-refractivity contribution in [2.75, 3.05) is 11.1 Å². The minimum Gasteiger partial charge on any atom is -0.397 e. The fourth-order valence-electron chi connectivity index (χ4n) is 1.35. The van der Waals surface area contributed by atoms with E-state index in [1.54, 1.807) is 6.07 Å². The highest BCUT2D eigenvalue weighted by molar-refractivity contribution is 5.72. The molecule has 0 atom stereocenters. The second-order valence-corrected chi connectivity index (χ2v) is 3.34. The highest BCUT2D eigenvalue weighted by Crippen LogP contribution is 2.25. The van der Waals surface area contributed by atoms with Crippen LogP contribution in [0.4, 0.5) is 25.8 Å². The van der Waals surface area contributed by atoms with Gasteiger partial charge >= 0.3 is 0 Å². The zero-order chi connectivity index (χ0) is 11.5. The molecule has 0 fully saturated rings. The standard InChI is InChI=1S/C12H10F2N2/c13-8-4-6-9(7-5-8)16-12-10(14)2-1-3-11(12)15/h1-7,16H,15H2. The molecule has 0 spiro atoms. The van der Waals surface area contributed by atoms with Gasteiger partial charge in [0.1, 0.15) is 11.6 Å². The Morgan fingerprint density at radius 3 is 2.25 bits per heavy atom. The molecule has 0 heterocycles. The Kier molecular flexibility index (Phi) is 2.72. The van der Waals surface area contributed by atoms with Crippen molar-refractivity contribution >= 4 is 17.1 Å². The topological polar surface area (TPSA) is 38.0 Å². The number of anilines is 3. The number of hydrogen-bond acceptors (Lipinski definition) is 2. The van der Waals surface area contributed by atoms with Gasteiger partial charge in [-0.15, -0.1) is 0 Å². The van der Waals surface area contributed by atoms with Crippen molar-refractivity contribution in [1.82, 2.24) is 0 Å². The van der Waals surface area contributed by atoms with E-state index in [0.29, 0.717) is 11.4 Å². The van der Waals surface area contributed by atoms with Gasteiger partial charge in [0.05, 0.1) is 11.4 Å². The number of benzene rings is 2. The molecule has 3 N–H and O–H groups in total. The smallest absolute Gasteiger partial charge is 0.148 e. The Balaban J connectivity index is 2.30. The lowest BCUT2D eigenvalue weighted by molar-refractivity contribution is 0.628. The first-order valence-electron chi connectivity index (χ1n) is 4.73. The first kappa shape index (κ1) is 10.4. The van der Waals surface area contributed by atoms with Crippen molar-refractivity contribution in [3.05, 3.63) is 54.1 Å². The Morgan fingerprint density at radius 2 is 1.62 bits per heavy atom. The molecular formula is C12H10F2N2. The molecule has 2 aromatic carbocycles. The maximum absolute atomic E-state index is 13.4. The normalized spacial score (nSPS) is 10.1. The molecule has 0 amide bonds. The summed E-state index contributed by atoms with van der Waals surface area (Å²) in [6.45, 7) is 0. The van der Waals surface area contributed by atoms with Crippen molar-refractivity contribution in [3.8, 4) is 0 Å². The van der Waals surface area contributed by atoms with Crippen LogP contribution in [0.25, 0.3) is 0 Å². The maximum Gasteiger partial charge on any atom is 0.148 e. The van der Waals surface area contributed by atoms with Gasteiger partial charge in [-0.1, -0.05) is 6.07 Å². The van der Waals surface area contributed by atoms with E-state index in [0.717, 1.165) is 0 Å². The lowest BCUT2D eigenvalue weighted by Gasteiger charge is -2.09. The number of nitrogens with one attached hydrogen (secondary N) is 1. The second-order valence-electron chi connectivity index (χ2n) is 3.34. The summed E-state index contributed by atoms with van der Waals surface area (Å²) in [6, 6.07) is 10.0. The summed E-state index contributed by atoms with van der Waals surface area (Å²) in [5, 5.41) is 2.80. The summed E-state index contributed by atoms with van der Waals surface area (Å²) >= 11 is 0. The van der Waals surface area contributed by atoms with Crippen LogP contribution >= 0.6 is 0 Å². The zero-order valence-electron chi connectivity index (χ0n) is 8.37. The Morgan fingerprint density at radius 1 is 0.938 bits per heavy atom. The fraction of sp³-hybridized carbons (Fsp3) is 0. The van der Waals surface area contributed by atoms with Crippen LogP contribution in [0, 0.1) is 11.6 Å². The van der Waals surface area contributed by atoms with Gasteiger partial charge in [-0.25, -0.2) is 8.78 Å². The van der Waals surface area contributed by atoms with Gasteiger partial charge < -0.3 is 11.1 Å². The van der Waals surface area contributed by atoms with E-state index in [-0.39, 0.29) is 11.5 Å². The predicted octanol–water partition coefficient (Wildman–Crippen LogP) is 3.29. The summed E-state index contributed by atoms with van der Waals surface area (Å²) in [6.07, 6.45) is 0. The second kappa shape index (κ2) is 4.18. The van der Waals surface area contributed by atoms with E-state index in [9.17, 15) is 8.78 Å². The van der Waals surface area contributed by atoms with Crippen molar-refractivity contribution < 1.29 is 8.78 Å². The van der Waals surface area contributed by atoms with Crippen LogP contribution in [-0.4, -0.2) is 0 Å². The van der Waals surface area contributed by atoms with Crippen molar-refractivity contribution in [2.45, 2.75) is 0 Å². The zero-order valence-corrected chi connectivity index (χ0v) is 8.37. The van der Waals surface area contributed by atoms with Gasteiger partial charge in [-0.3, -0.25) is 0 Å². The minimum atomic E-state index is -0.440. The van der Waals surface area contributed by atoms with Gasteiger partial charge in [0.2, 0.25) is 0 Å². The molecule has 0 saturated heterocycles. The van der Waals surface area contributed by atoms with Gasteiger partial charge in [-0.05, 0) is 36.4 Å². The maximum atomic E-state index is 13.4. The van der Waals surface area contributed by atoms with Crippen LogP contribution in [0.2, 0.25) is 0 Å². The lowest BCUT2D eigenvalue weighted by atomic mass is 10.2. The fourth-order valence-corrected chi connectivity index (χ4v) is 1.35. The molecule has 82 valence electrons. The van der Waals surface area contributed by atoms with E-state index >= 15 is 0 Å². The summed E-state index contributed by atoms with van der Waals surface area (Å²) in [5.41, 5.74) is 6.72. The van der Waals surface area contributed by atoms with Crippen molar-refractivity contribution in [2.24, 2.45) is 0 Å². The van der Waals surface area contributed by atoms with Gasteiger partial charge in [0.15, 0.2) is 0 Å². The van der Waals surface area contributed by atoms with Crippen LogP contribution in [0.5, 0.6) is 0 Å². The number of nitrogens with two attached hydrogens (primary N) is 1. The number of rotatable bonds is 2. The molecule has 2 aromatic rings. The highest BCUT2D eigenvalue weighted by atomic mass is 19.1. The molecule has 0 unspecified atom stereocenters. The predicted molar refractivity (Wildman–Crippen MR) is 60.5 cm³/mol. The molecule has 16 heavy (non-hydrogen) atoms. The molecule has 0 saturated carbocycles. The quantitative estimate of drug-likeness (QED) is 0.762. The first-order valence-corrected chi connectivity index (χ1v) is 4.73. The number of para-hydroxylation sites is 1. The van der Waals surface area contributed by atoms with Crippen molar-refractivity contribution in [3.63, 3.8) is 0 Å². The summed E-state index contributed by atoms with van der Waals surface area (Å²) in [7, 11) is 0. The van der Waals surface area contributed by atoms with Crippen LogP contribution in [0.1, 0.15) is 0 Å². The summed E-state index contributed by atoms with van der Waals surface area (Å²) in [4.78, 5) is 0. The van der Waals surface area contributed by atoms with Crippen LogP contribution in [-0.2, 0) is 0 Å². The van der Waals surface area contributed by atoms with Crippen LogP contribution in [0.15, 0.2) is 42.5 Å². The third-order valence-corrected chi connectivity index (χ3v) is 2.16. The largest absolute Gasteiger partial charge is 0.397 e. The number of halogens is 2. The Bertz CT molecular complexity index is 475. The van der Waals surface area contributed by atoms with E-state index in [2.05, 4.69) is 5.32 Å². The minimum absolute atomic E-state index is 0.203. The van der Waals surface area contributed by atoms with Gasteiger partial charge in [0.25, 0.3) is 0 Å². The Labute approximate surface area is 91.7 Å². The first-order chi connectivity index (χ1) is 7.66. The third kappa shape index (κ3) is 2.11. The monoisotopic (exact) mass is 220 g/mol. The number of nitrogen functional groups attached to an aromatic ring is 1. The van der Waals surface area contributed by atoms with Gasteiger partial charge in [0, 0.05) is 5.69 Å². The highest BCUT2D eigenvalue weighted by Gasteiger charge is 2.05. The van der Waals surface area contributed by atoms with Crippen molar-refractivity contribution in [1.29, 1.82) is 0 Å². The molecule has 0 aliphatic rings. The number of hydrogen-bond donors (Lipinski definition) is 2. The SMILES string of the molecule is Nc1cccc(F)c1Nc1ccc(F)cc1. The molecule has 0 aliphatic carbocycles. The molecule has 0 radical (unpaired) electrons. The Hall–Kier alpha value is -2.10. The average molecular weight is 220 g/mol. The summed E-state index contributed by atoms with van der Waals surface area (Å²) < 4.78 is 26.1. The van der Waals surface area contributed by atoms with E-state index in [4.69, 9.17) is 5.73 Å². The average Bonchev–Trinajstić information content (AvgIpc) is 2.26. The molecule has 2 rings (SSSR count). The third-order valence-electron chi connectivity index (χ3n) is 2.16. The molecule has 0 bridgehead atoms. The molecule has 0 aromatic heterocycles. The lowest BCUT2D eigenvalue weighted by Crippen LogP contribution is -1.98. The van der Waals surface area contributed by atoms with Crippen LogP contribution in [0.3, 0.4) is 0 Å². The van der Waals surface area contributed by atoms with E-state index in [1.165, 1.54) is 36.4 Å². The molecule has 4 heteroatoms. The molecule has 2 nitrogen and oxygen atoms in total. The van der Waals surface area contributed by atoms with E-state index in [1.807, 2.05) is 0 Å². The molecule has 0 aliphatic heterocycles. The summed E-state index contributed by atoms with van der Waals surface area (Å²) in [5.74, 6) is -0.781. The van der Waals surface area contributed by atoms with Crippen LogP contribution < -0.4 is 11.1 Å².